The SMILES string of the molecule is Cc1cc(C)n(C[C@@H](C)NS(=O)(=O)c2cc(F)c(F)c(F)c2)n1. The van der Waals surface area contributed by atoms with Crippen molar-refractivity contribution in [2.24, 2.45) is 0 Å². The van der Waals surface area contributed by atoms with Gasteiger partial charge in [0, 0.05) is 11.7 Å². The van der Waals surface area contributed by atoms with Gasteiger partial charge >= 0.3 is 0 Å². The van der Waals surface area contributed by atoms with Crippen molar-refractivity contribution in [1.29, 1.82) is 0 Å². The van der Waals surface area contributed by atoms with Crippen LogP contribution >= 0.6 is 0 Å². The van der Waals surface area contributed by atoms with Crippen LogP contribution in [0.25, 0.3) is 0 Å². The molecule has 1 atom stereocenters. The number of aryl methyl sites for hydroxylation is 2. The maximum Gasteiger partial charge on any atom is 0.241 e. The lowest BCUT2D eigenvalue weighted by molar-refractivity contribution is 0.441. The van der Waals surface area contributed by atoms with Crippen molar-refractivity contribution < 1.29 is 21.6 Å². The molecular formula is C14H16F3N3O2S. The zero-order valence-electron chi connectivity index (χ0n) is 12.8. The standard InChI is InChI=1S/C14H16F3N3O2S/c1-8-4-10(3)20(18-8)7-9(2)19-23(21,22)11-5-12(15)14(17)13(16)6-11/h4-6,9,19H,7H2,1-3H3/t9-/m1/s1. The molecule has 1 aromatic heterocycles. The van der Waals surface area contributed by atoms with Crippen LogP contribution in [0.5, 0.6) is 0 Å². The summed E-state index contributed by atoms with van der Waals surface area (Å²) in [5.74, 6) is -4.83. The molecule has 9 heteroatoms. The van der Waals surface area contributed by atoms with Crippen LogP contribution in [0.15, 0.2) is 23.1 Å². The first-order chi connectivity index (χ1) is 10.6. The van der Waals surface area contributed by atoms with Gasteiger partial charge in [-0.25, -0.2) is 26.3 Å². The monoisotopic (exact) mass is 347 g/mol. The van der Waals surface area contributed by atoms with Crippen LogP contribution in [0, 0.1) is 31.3 Å². The number of hydrogen-bond acceptors (Lipinski definition) is 3. The first-order valence-corrected chi connectivity index (χ1v) is 8.26. The van der Waals surface area contributed by atoms with E-state index in [-0.39, 0.29) is 6.54 Å². The molecule has 1 N–H and O–H groups in total. The number of rotatable bonds is 5. The van der Waals surface area contributed by atoms with Crippen LogP contribution in [0.1, 0.15) is 18.3 Å². The highest BCUT2D eigenvalue weighted by Crippen LogP contribution is 2.18. The number of nitrogens with one attached hydrogen (secondary N) is 1. The average Bonchev–Trinajstić information content (AvgIpc) is 2.72. The van der Waals surface area contributed by atoms with Crippen molar-refractivity contribution in [1.82, 2.24) is 14.5 Å². The number of hydrogen-bond donors (Lipinski definition) is 1. The second-order valence-corrected chi connectivity index (χ2v) is 7.05. The first-order valence-electron chi connectivity index (χ1n) is 6.78. The Bertz CT molecular complexity index is 811. The fraction of sp³-hybridized carbons (Fsp3) is 0.357. The molecule has 2 aromatic rings. The lowest BCUT2D eigenvalue weighted by Gasteiger charge is -2.15. The summed E-state index contributed by atoms with van der Waals surface area (Å²) in [6.07, 6.45) is 0. The van der Waals surface area contributed by atoms with Crippen molar-refractivity contribution in [2.45, 2.75) is 38.3 Å². The summed E-state index contributed by atoms with van der Waals surface area (Å²) in [5, 5.41) is 4.21. The third kappa shape index (κ3) is 3.91. The van der Waals surface area contributed by atoms with Crippen LogP contribution in [-0.2, 0) is 16.6 Å². The van der Waals surface area contributed by atoms with Gasteiger partial charge in [0.2, 0.25) is 10.0 Å². The summed E-state index contributed by atoms with van der Waals surface area (Å²) in [5.41, 5.74) is 1.65. The Labute approximate surface area is 132 Å². The molecule has 0 bridgehead atoms. The summed E-state index contributed by atoms with van der Waals surface area (Å²) < 4.78 is 67.5. The zero-order chi connectivity index (χ0) is 17.4. The molecule has 1 heterocycles. The molecule has 0 radical (unpaired) electrons. The molecule has 0 unspecified atom stereocenters. The quantitative estimate of drug-likeness (QED) is 0.844. The fourth-order valence-corrected chi connectivity index (χ4v) is 3.43. The highest BCUT2D eigenvalue weighted by molar-refractivity contribution is 7.89. The molecule has 5 nitrogen and oxygen atoms in total. The van der Waals surface area contributed by atoms with E-state index in [0.29, 0.717) is 12.1 Å². The van der Waals surface area contributed by atoms with Gasteiger partial charge in [-0.05, 0) is 39.0 Å². The molecule has 0 amide bonds. The summed E-state index contributed by atoms with van der Waals surface area (Å²) >= 11 is 0. The maximum atomic E-state index is 13.2. The van der Waals surface area contributed by atoms with E-state index in [9.17, 15) is 21.6 Å². The zero-order valence-corrected chi connectivity index (χ0v) is 13.6. The van der Waals surface area contributed by atoms with Gasteiger partial charge in [-0.15, -0.1) is 0 Å². The van der Waals surface area contributed by atoms with Crippen LogP contribution in [0.2, 0.25) is 0 Å². The molecule has 1 aromatic carbocycles. The minimum Gasteiger partial charge on any atom is -0.268 e. The van der Waals surface area contributed by atoms with Gasteiger partial charge in [0.1, 0.15) is 0 Å². The molecule has 23 heavy (non-hydrogen) atoms. The Morgan fingerprint density at radius 3 is 2.22 bits per heavy atom. The predicted molar refractivity (Wildman–Crippen MR) is 77.8 cm³/mol. The van der Waals surface area contributed by atoms with Gasteiger partial charge < -0.3 is 0 Å². The lowest BCUT2D eigenvalue weighted by Crippen LogP contribution is -2.36. The molecule has 126 valence electrons. The normalized spacial score (nSPS) is 13.3. The predicted octanol–water partition coefficient (Wildman–Crippen LogP) is 2.28. The smallest absolute Gasteiger partial charge is 0.241 e. The summed E-state index contributed by atoms with van der Waals surface area (Å²) in [6, 6.07) is 2.13. The Morgan fingerprint density at radius 1 is 1.17 bits per heavy atom. The van der Waals surface area contributed by atoms with E-state index in [1.165, 1.54) is 0 Å². The van der Waals surface area contributed by atoms with Crippen LogP contribution in [0.4, 0.5) is 13.2 Å². The van der Waals surface area contributed by atoms with Gasteiger partial charge in [-0.3, -0.25) is 4.68 Å². The van der Waals surface area contributed by atoms with E-state index in [1.54, 1.807) is 11.6 Å². The Hall–Kier alpha value is -1.87. The van der Waals surface area contributed by atoms with Gasteiger partial charge in [0.15, 0.2) is 17.5 Å². The number of aromatic nitrogens is 2. The number of sulfonamides is 1. The number of benzene rings is 1. The maximum absolute atomic E-state index is 13.2. The largest absolute Gasteiger partial charge is 0.268 e. The van der Waals surface area contributed by atoms with Crippen LogP contribution < -0.4 is 4.72 Å². The Kier molecular flexibility index (Phi) is 4.81. The molecule has 0 fully saturated rings. The average molecular weight is 347 g/mol. The van der Waals surface area contributed by atoms with Crippen molar-refractivity contribution in [3.8, 4) is 0 Å². The van der Waals surface area contributed by atoms with Crippen LogP contribution in [-0.4, -0.2) is 24.2 Å². The van der Waals surface area contributed by atoms with Gasteiger partial charge in [-0.2, -0.15) is 5.10 Å². The molecule has 0 saturated carbocycles. The van der Waals surface area contributed by atoms with E-state index in [0.717, 1.165) is 11.4 Å². The van der Waals surface area contributed by atoms with Gasteiger partial charge in [0.05, 0.1) is 17.1 Å². The fourth-order valence-electron chi connectivity index (χ4n) is 2.18. The second kappa shape index (κ2) is 6.32. The molecule has 0 spiro atoms. The summed E-state index contributed by atoms with van der Waals surface area (Å²) in [6.45, 7) is 5.46. The van der Waals surface area contributed by atoms with Crippen molar-refractivity contribution in [2.75, 3.05) is 0 Å². The highest BCUT2D eigenvalue weighted by atomic mass is 32.2. The van der Waals surface area contributed by atoms with Crippen molar-refractivity contribution >= 4 is 10.0 Å². The highest BCUT2D eigenvalue weighted by Gasteiger charge is 2.22. The van der Waals surface area contributed by atoms with Gasteiger partial charge in [0.25, 0.3) is 0 Å². The van der Waals surface area contributed by atoms with E-state index in [4.69, 9.17) is 0 Å². The number of nitrogens with zero attached hydrogens (tertiary/aromatic N) is 2. The van der Waals surface area contributed by atoms with Crippen molar-refractivity contribution in [3.05, 3.63) is 47.0 Å². The summed E-state index contributed by atoms with van der Waals surface area (Å²) in [4.78, 5) is -0.672. The molecular weight excluding hydrogens is 331 g/mol. The topological polar surface area (TPSA) is 64.0 Å². The molecule has 2 rings (SSSR count). The number of halogens is 3. The summed E-state index contributed by atoms with van der Waals surface area (Å²) in [7, 11) is -4.19. The van der Waals surface area contributed by atoms with E-state index >= 15 is 0 Å². The molecule has 0 aliphatic heterocycles. The van der Waals surface area contributed by atoms with Crippen molar-refractivity contribution in [3.63, 3.8) is 0 Å². The van der Waals surface area contributed by atoms with Crippen LogP contribution in [0.3, 0.4) is 0 Å². The lowest BCUT2D eigenvalue weighted by atomic mass is 10.3. The molecule has 0 aliphatic rings. The molecule has 0 saturated heterocycles. The minimum atomic E-state index is -4.19. The van der Waals surface area contributed by atoms with Gasteiger partial charge in [-0.1, -0.05) is 0 Å². The van der Waals surface area contributed by atoms with E-state index in [2.05, 4.69) is 9.82 Å². The van der Waals surface area contributed by atoms with E-state index < -0.39 is 38.4 Å². The minimum absolute atomic E-state index is 0.241. The van der Waals surface area contributed by atoms with E-state index in [1.807, 2.05) is 19.9 Å². The second-order valence-electron chi connectivity index (χ2n) is 5.33. The Morgan fingerprint density at radius 2 is 1.74 bits per heavy atom. The first kappa shape index (κ1) is 17.5. The third-order valence-corrected chi connectivity index (χ3v) is 4.74. The third-order valence-electron chi connectivity index (χ3n) is 3.17. The Balaban J connectivity index is 2.19. The molecule has 0 aliphatic carbocycles.